The Kier molecular flexibility index (Phi) is 9.02. The Morgan fingerprint density at radius 1 is 1.06 bits per heavy atom. The SMILES string of the molecule is CC(C)NC(=O)[C@@H](C)N(Cc1ccccc1F)C(=O)CN(c1ccc(I)cc1)S(C)(=O)=O. The summed E-state index contributed by atoms with van der Waals surface area (Å²) in [6.45, 7) is 4.41. The third kappa shape index (κ3) is 7.16. The molecular formula is C22H27FIN3O4S. The molecule has 174 valence electrons. The van der Waals surface area contributed by atoms with Crippen LogP contribution in [0.4, 0.5) is 10.1 Å². The first-order chi connectivity index (χ1) is 14.9. The lowest BCUT2D eigenvalue weighted by Gasteiger charge is -2.32. The number of nitrogens with zero attached hydrogens (tertiary/aromatic N) is 2. The molecular weight excluding hydrogens is 548 g/mol. The van der Waals surface area contributed by atoms with Gasteiger partial charge < -0.3 is 10.2 Å². The summed E-state index contributed by atoms with van der Waals surface area (Å²) in [6.07, 6.45) is 1.01. The molecule has 7 nitrogen and oxygen atoms in total. The number of carbonyl (C=O) groups is 2. The van der Waals surface area contributed by atoms with E-state index in [0.717, 1.165) is 14.1 Å². The predicted molar refractivity (Wildman–Crippen MR) is 131 cm³/mol. The minimum absolute atomic E-state index is 0.158. The molecule has 2 amide bonds. The largest absolute Gasteiger partial charge is 0.352 e. The van der Waals surface area contributed by atoms with Crippen LogP contribution >= 0.6 is 22.6 Å². The maximum Gasteiger partial charge on any atom is 0.244 e. The molecule has 0 spiro atoms. The number of benzene rings is 2. The van der Waals surface area contributed by atoms with Crippen molar-refractivity contribution < 1.29 is 22.4 Å². The van der Waals surface area contributed by atoms with Crippen LogP contribution in [0.5, 0.6) is 0 Å². The Labute approximate surface area is 202 Å². The second kappa shape index (κ2) is 11.1. The molecule has 0 saturated heterocycles. The number of hydrogen-bond donors (Lipinski definition) is 1. The summed E-state index contributed by atoms with van der Waals surface area (Å²) in [4.78, 5) is 27.1. The van der Waals surface area contributed by atoms with E-state index in [1.807, 2.05) is 0 Å². The molecule has 0 aromatic heterocycles. The van der Waals surface area contributed by atoms with Crippen LogP contribution < -0.4 is 9.62 Å². The first kappa shape index (κ1) is 26.0. The Hall–Kier alpha value is -2.21. The lowest BCUT2D eigenvalue weighted by Crippen LogP contribution is -2.52. The highest BCUT2D eigenvalue weighted by Gasteiger charge is 2.30. The van der Waals surface area contributed by atoms with E-state index >= 15 is 0 Å². The lowest BCUT2D eigenvalue weighted by atomic mass is 10.1. The first-order valence-corrected chi connectivity index (χ1v) is 12.9. The molecule has 1 N–H and O–H groups in total. The van der Waals surface area contributed by atoms with Gasteiger partial charge in [-0.2, -0.15) is 0 Å². The van der Waals surface area contributed by atoms with Gasteiger partial charge in [-0.1, -0.05) is 18.2 Å². The maximum atomic E-state index is 14.3. The fourth-order valence-electron chi connectivity index (χ4n) is 3.02. The molecule has 0 aliphatic carbocycles. The Balaban J connectivity index is 2.39. The molecule has 0 aliphatic heterocycles. The van der Waals surface area contributed by atoms with Gasteiger partial charge >= 0.3 is 0 Å². The first-order valence-electron chi connectivity index (χ1n) is 9.96. The van der Waals surface area contributed by atoms with Gasteiger partial charge in [0.25, 0.3) is 0 Å². The van der Waals surface area contributed by atoms with E-state index in [-0.39, 0.29) is 18.2 Å². The number of nitrogens with one attached hydrogen (secondary N) is 1. The van der Waals surface area contributed by atoms with Crippen LogP contribution in [0, 0.1) is 9.39 Å². The van der Waals surface area contributed by atoms with Crippen molar-refractivity contribution >= 4 is 50.1 Å². The molecule has 32 heavy (non-hydrogen) atoms. The summed E-state index contributed by atoms with van der Waals surface area (Å²) in [7, 11) is -3.80. The summed E-state index contributed by atoms with van der Waals surface area (Å²) >= 11 is 2.09. The molecule has 0 bridgehead atoms. The molecule has 0 fully saturated rings. The van der Waals surface area contributed by atoms with Crippen LogP contribution in [0.25, 0.3) is 0 Å². The number of carbonyl (C=O) groups excluding carboxylic acids is 2. The molecule has 2 rings (SSSR count). The van der Waals surface area contributed by atoms with Gasteiger partial charge in [-0.3, -0.25) is 13.9 Å². The van der Waals surface area contributed by atoms with Crippen molar-refractivity contribution in [2.75, 3.05) is 17.1 Å². The van der Waals surface area contributed by atoms with E-state index in [1.165, 1.54) is 30.0 Å². The topological polar surface area (TPSA) is 86.8 Å². The summed E-state index contributed by atoms with van der Waals surface area (Å²) in [5, 5.41) is 2.74. The maximum absolute atomic E-state index is 14.3. The van der Waals surface area contributed by atoms with Gasteiger partial charge in [-0.15, -0.1) is 0 Å². The van der Waals surface area contributed by atoms with Crippen LogP contribution in [0.2, 0.25) is 0 Å². The number of amides is 2. The second-order valence-electron chi connectivity index (χ2n) is 7.70. The average Bonchev–Trinajstić information content (AvgIpc) is 2.70. The Morgan fingerprint density at radius 2 is 1.66 bits per heavy atom. The minimum atomic E-state index is -3.80. The molecule has 0 radical (unpaired) electrons. The van der Waals surface area contributed by atoms with Crippen molar-refractivity contribution in [3.8, 4) is 0 Å². The lowest BCUT2D eigenvalue weighted by molar-refractivity contribution is -0.139. The normalized spacial score (nSPS) is 12.3. The molecule has 0 aliphatic rings. The van der Waals surface area contributed by atoms with Gasteiger partial charge in [0.2, 0.25) is 21.8 Å². The van der Waals surface area contributed by atoms with Crippen LogP contribution in [-0.2, 0) is 26.2 Å². The standard InChI is InChI=1S/C22H27FIN3O4S/c1-15(2)25-22(29)16(3)26(13-17-7-5-6-8-20(17)23)21(28)14-27(32(4,30)31)19-11-9-18(24)10-12-19/h5-12,15-16H,13-14H2,1-4H3,(H,25,29)/t16-/m1/s1. The number of sulfonamides is 1. The van der Waals surface area contributed by atoms with Crippen molar-refractivity contribution in [2.24, 2.45) is 0 Å². The predicted octanol–water partition coefficient (Wildman–Crippen LogP) is 3.14. The van der Waals surface area contributed by atoms with Crippen molar-refractivity contribution in [3.05, 3.63) is 63.5 Å². The van der Waals surface area contributed by atoms with E-state index in [2.05, 4.69) is 27.9 Å². The van der Waals surface area contributed by atoms with Crippen molar-refractivity contribution in [2.45, 2.75) is 39.4 Å². The third-order valence-electron chi connectivity index (χ3n) is 4.69. The van der Waals surface area contributed by atoms with Crippen molar-refractivity contribution in [3.63, 3.8) is 0 Å². The molecule has 0 heterocycles. The highest BCUT2D eigenvalue weighted by atomic mass is 127. The summed E-state index contributed by atoms with van der Waals surface area (Å²) < 4.78 is 41.1. The molecule has 1 atom stereocenters. The molecule has 2 aromatic rings. The van der Waals surface area contributed by atoms with E-state index in [1.54, 1.807) is 44.2 Å². The monoisotopic (exact) mass is 575 g/mol. The Morgan fingerprint density at radius 3 is 2.19 bits per heavy atom. The van der Waals surface area contributed by atoms with E-state index in [0.29, 0.717) is 5.69 Å². The number of rotatable bonds is 9. The second-order valence-corrected chi connectivity index (χ2v) is 10.9. The van der Waals surface area contributed by atoms with Gasteiger partial charge in [-0.05, 0) is 73.7 Å². The van der Waals surface area contributed by atoms with Gasteiger partial charge in [0, 0.05) is 21.7 Å². The van der Waals surface area contributed by atoms with Crippen LogP contribution in [0.3, 0.4) is 0 Å². The van der Waals surface area contributed by atoms with Crippen molar-refractivity contribution in [1.29, 1.82) is 0 Å². The average molecular weight is 575 g/mol. The zero-order valence-corrected chi connectivity index (χ0v) is 21.4. The van der Waals surface area contributed by atoms with E-state index in [9.17, 15) is 22.4 Å². The van der Waals surface area contributed by atoms with Crippen LogP contribution in [0.15, 0.2) is 48.5 Å². The highest BCUT2D eigenvalue weighted by molar-refractivity contribution is 14.1. The Bertz CT molecular complexity index is 1060. The fourth-order valence-corrected chi connectivity index (χ4v) is 4.23. The van der Waals surface area contributed by atoms with E-state index < -0.39 is 40.2 Å². The third-order valence-corrected chi connectivity index (χ3v) is 6.55. The molecule has 2 aromatic carbocycles. The quantitative estimate of drug-likeness (QED) is 0.466. The van der Waals surface area contributed by atoms with Crippen LogP contribution in [0.1, 0.15) is 26.3 Å². The number of halogens is 2. The molecule has 0 saturated carbocycles. The summed E-state index contributed by atoms with van der Waals surface area (Å²) in [5.74, 6) is -1.55. The van der Waals surface area contributed by atoms with Crippen LogP contribution in [-0.4, -0.2) is 50.0 Å². The van der Waals surface area contributed by atoms with Gasteiger partial charge in [-0.25, -0.2) is 12.8 Å². The zero-order valence-electron chi connectivity index (χ0n) is 18.4. The minimum Gasteiger partial charge on any atom is -0.352 e. The van der Waals surface area contributed by atoms with Gasteiger partial charge in [0.15, 0.2) is 0 Å². The van der Waals surface area contributed by atoms with Gasteiger partial charge in [0.1, 0.15) is 18.4 Å². The molecule has 10 heteroatoms. The zero-order chi connectivity index (χ0) is 24.1. The fraction of sp³-hybridized carbons (Fsp3) is 0.364. The van der Waals surface area contributed by atoms with Gasteiger partial charge in [0.05, 0.1) is 11.9 Å². The van der Waals surface area contributed by atoms with Crippen molar-refractivity contribution in [1.82, 2.24) is 10.2 Å². The molecule has 0 unspecified atom stereocenters. The van der Waals surface area contributed by atoms with E-state index in [4.69, 9.17) is 0 Å². The number of hydrogen-bond acceptors (Lipinski definition) is 4. The summed E-state index contributed by atoms with van der Waals surface area (Å²) in [6, 6.07) is 11.5. The summed E-state index contributed by atoms with van der Waals surface area (Å²) in [5.41, 5.74) is 0.552. The number of anilines is 1. The smallest absolute Gasteiger partial charge is 0.244 e. The highest BCUT2D eigenvalue weighted by Crippen LogP contribution is 2.21.